The molecule has 0 bridgehead atoms. The Labute approximate surface area is 143 Å². The molecule has 7 nitrogen and oxygen atoms in total. The van der Waals surface area contributed by atoms with Crippen molar-refractivity contribution < 1.29 is 17.7 Å². The van der Waals surface area contributed by atoms with Crippen molar-refractivity contribution in [1.82, 2.24) is 9.88 Å². The van der Waals surface area contributed by atoms with Gasteiger partial charge in [0.25, 0.3) is 0 Å². The first-order valence-electron chi connectivity index (χ1n) is 6.39. The number of carbonyl (C=O) groups is 1. The third kappa shape index (κ3) is 4.03. The molecule has 1 amide bonds. The number of anilines is 1. The number of hydrogen-bond acceptors (Lipinski definition) is 5. The third-order valence-electron chi connectivity index (χ3n) is 2.89. The van der Waals surface area contributed by atoms with Crippen LogP contribution in [0.25, 0.3) is 0 Å². The van der Waals surface area contributed by atoms with Crippen molar-refractivity contribution in [2.45, 2.75) is 18.7 Å². The fraction of sp³-hybridized carbons (Fsp3) is 0.231. The van der Waals surface area contributed by atoms with Crippen molar-refractivity contribution in [2.24, 2.45) is 0 Å². The summed E-state index contributed by atoms with van der Waals surface area (Å²) in [5.41, 5.74) is 0.508. The molecule has 1 aromatic heterocycles. The first-order chi connectivity index (χ1) is 10.7. The molecule has 0 aliphatic heterocycles. The number of halogens is 2. The van der Waals surface area contributed by atoms with Gasteiger partial charge in [-0.15, -0.1) is 0 Å². The summed E-state index contributed by atoms with van der Waals surface area (Å²) in [6.07, 6.45) is 0. The molecule has 0 saturated heterocycles. The Hall–Kier alpha value is -1.61. The largest absolute Gasteiger partial charge is 0.360 e. The summed E-state index contributed by atoms with van der Waals surface area (Å²) < 4.78 is 31.3. The molecule has 2 aromatic rings. The van der Waals surface area contributed by atoms with Gasteiger partial charge in [0.1, 0.15) is 10.6 Å². The zero-order valence-electron chi connectivity index (χ0n) is 12.2. The fourth-order valence-electron chi connectivity index (χ4n) is 1.89. The lowest BCUT2D eigenvalue weighted by molar-refractivity contribution is -0.115. The van der Waals surface area contributed by atoms with E-state index in [2.05, 4.69) is 15.2 Å². The maximum atomic E-state index is 12.2. The van der Waals surface area contributed by atoms with Gasteiger partial charge >= 0.3 is 0 Å². The number of nitrogens with zero attached hydrogens (tertiary/aromatic N) is 1. The molecule has 2 rings (SSSR count). The van der Waals surface area contributed by atoms with E-state index < -0.39 is 22.5 Å². The summed E-state index contributed by atoms with van der Waals surface area (Å²) in [6.45, 7) is 2.49. The predicted octanol–water partition coefficient (Wildman–Crippen LogP) is 2.52. The Morgan fingerprint density at radius 3 is 2.61 bits per heavy atom. The normalized spacial score (nSPS) is 11.5. The fourth-order valence-corrected chi connectivity index (χ4v) is 3.54. The molecule has 0 radical (unpaired) electrons. The zero-order chi connectivity index (χ0) is 17.2. The molecular formula is C13H13Cl2N3O4S. The second-order valence-electron chi connectivity index (χ2n) is 4.63. The minimum absolute atomic E-state index is 0.0777. The molecule has 0 aliphatic carbocycles. The van der Waals surface area contributed by atoms with Gasteiger partial charge in [-0.3, -0.25) is 4.79 Å². The second kappa shape index (κ2) is 6.88. The van der Waals surface area contributed by atoms with Crippen molar-refractivity contribution >= 4 is 44.8 Å². The maximum Gasteiger partial charge on any atom is 0.246 e. The van der Waals surface area contributed by atoms with E-state index in [9.17, 15) is 13.2 Å². The highest BCUT2D eigenvalue weighted by Gasteiger charge is 2.24. The molecule has 0 spiro atoms. The number of aryl methyl sites for hydroxylation is 2. The Morgan fingerprint density at radius 1 is 1.30 bits per heavy atom. The van der Waals surface area contributed by atoms with Crippen molar-refractivity contribution in [3.8, 4) is 0 Å². The van der Waals surface area contributed by atoms with Crippen molar-refractivity contribution in [3.05, 3.63) is 39.7 Å². The molecule has 0 atom stereocenters. The Morgan fingerprint density at radius 2 is 2.00 bits per heavy atom. The van der Waals surface area contributed by atoms with E-state index in [1.165, 1.54) is 13.8 Å². The first-order valence-corrected chi connectivity index (χ1v) is 8.62. The summed E-state index contributed by atoms with van der Waals surface area (Å²) in [5.74, 6) is -0.446. The van der Waals surface area contributed by atoms with Crippen molar-refractivity contribution in [2.75, 3.05) is 11.9 Å². The zero-order valence-corrected chi connectivity index (χ0v) is 14.5. The number of aromatic nitrogens is 1. The molecule has 0 saturated carbocycles. The summed E-state index contributed by atoms with van der Waals surface area (Å²) in [5, 5.41) is 6.50. The van der Waals surface area contributed by atoms with E-state index in [1.807, 2.05) is 0 Å². The molecular weight excluding hydrogens is 365 g/mol. The third-order valence-corrected chi connectivity index (χ3v) is 5.35. The number of nitrogens with one attached hydrogen (secondary N) is 2. The lowest BCUT2D eigenvalue weighted by atomic mass is 10.3. The van der Waals surface area contributed by atoms with E-state index in [-0.39, 0.29) is 26.4 Å². The van der Waals surface area contributed by atoms with Crippen LogP contribution in [0.15, 0.2) is 27.6 Å². The van der Waals surface area contributed by atoms with E-state index in [1.54, 1.807) is 18.2 Å². The number of amides is 1. The Balaban J connectivity index is 2.06. The lowest BCUT2D eigenvalue weighted by Gasteiger charge is -2.09. The van der Waals surface area contributed by atoms with Crippen LogP contribution in [0.3, 0.4) is 0 Å². The van der Waals surface area contributed by atoms with Gasteiger partial charge in [-0.25, -0.2) is 13.1 Å². The van der Waals surface area contributed by atoms with Crippen LogP contribution in [-0.4, -0.2) is 26.0 Å². The van der Waals surface area contributed by atoms with Crippen LogP contribution < -0.4 is 10.0 Å². The van der Waals surface area contributed by atoms with E-state index in [4.69, 9.17) is 27.7 Å². The minimum atomic E-state index is -3.91. The highest BCUT2D eigenvalue weighted by atomic mass is 35.5. The summed E-state index contributed by atoms with van der Waals surface area (Å²) in [7, 11) is -3.91. The number of benzene rings is 1. The summed E-state index contributed by atoms with van der Waals surface area (Å²) in [6, 6.07) is 4.73. The van der Waals surface area contributed by atoms with E-state index >= 15 is 0 Å². The number of hydrogen-bond donors (Lipinski definition) is 2. The molecule has 1 heterocycles. The average Bonchev–Trinajstić information content (AvgIpc) is 2.82. The topological polar surface area (TPSA) is 101 Å². The highest BCUT2D eigenvalue weighted by molar-refractivity contribution is 7.89. The average molecular weight is 378 g/mol. The number of carbonyl (C=O) groups excluding carboxylic acids is 1. The first kappa shape index (κ1) is 17.7. The van der Waals surface area contributed by atoms with Gasteiger partial charge in [0.2, 0.25) is 15.9 Å². The van der Waals surface area contributed by atoms with Gasteiger partial charge in [0.05, 0.1) is 22.3 Å². The van der Waals surface area contributed by atoms with Gasteiger partial charge < -0.3 is 9.84 Å². The quantitative estimate of drug-likeness (QED) is 0.833. The molecule has 2 N–H and O–H groups in total. The van der Waals surface area contributed by atoms with Crippen LogP contribution in [0.5, 0.6) is 0 Å². The van der Waals surface area contributed by atoms with E-state index in [0.717, 1.165) is 0 Å². The number of rotatable bonds is 5. The molecule has 0 unspecified atom stereocenters. The smallest absolute Gasteiger partial charge is 0.246 e. The van der Waals surface area contributed by atoms with Gasteiger partial charge in [-0.2, -0.15) is 0 Å². The predicted molar refractivity (Wildman–Crippen MR) is 86.3 cm³/mol. The molecule has 10 heteroatoms. The van der Waals surface area contributed by atoms with Crippen LogP contribution in [0, 0.1) is 13.8 Å². The number of sulfonamides is 1. The molecule has 0 fully saturated rings. The van der Waals surface area contributed by atoms with Gasteiger partial charge in [0, 0.05) is 0 Å². The lowest BCUT2D eigenvalue weighted by Crippen LogP contribution is -2.33. The maximum absolute atomic E-state index is 12.2. The molecule has 23 heavy (non-hydrogen) atoms. The Kier molecular flexibility index (Phi) is 5.30. The molecule has 0 aliphatic rings. The van der Waals surface area contributed by atoms with Gasteiger partial charge in [0.15, 0.2) is 5.76 Å². The van der Waals surface area contributed by atoms with Crippen LogP contribution in [0.1, 0.15) is 11.5 Å². The van der Waals surface area contributed by atoms with Crippen LogP contribution in [-0.2, 0) is 14.8 Å². The van der Waals surface area contributed by atoms with E-state index in [0.29, 0.717) is 5.69 Å². The van der Waals surface area contributed by atoms with Crippen LogP contribution in [0.4, 0.5) is 5.69 Å². The minimum Gasteiger partial charge on any atom is -0.360 e. The van der Waals surface area contributed by atoms with Crippen molar-refractivity contribution in [3.63, 3.8) is 0 Å². The standard InChI is InChI=1S/C13H13Cl2N3O4S/c1-7-13(8(2)22-18-7)23(20,21)16-6-11(19)17-10-5-3-4-9(14)12(10)15/h3-5,16H,6H2,1-2H3,(H,17,19). The van der Waals surface area contributed by atoms with Crippen LogP contribution >= 0.6 is 23.2 Å². The second-order valence-corrected chi connectivity index (χ2v) is 7.12. The summed E-state index contributed by atoms with van der Waals surface area (Å²) in [4.78, 5) is 11.8. The van der Waals surface area contributed by atoms with Gasteiger partial charge in [-0.1, -0.05) is 34.4 Å². The van der Waals surface area contributed by atoms with Crippen molar-refractivity contribution in [1.29, 1.82) is 0 Å². The molecule has 1 aromatic carbocycles. The molecule has 124 valence electrons. The monoisotopic (exact) mass is 377 g/mol. The summed E-state index contributed by atoms with van der Waals surface area (Å²) >= 11 is 11.8. The Bertz CT molecular complexity index is 829. The highest BCUT2D eigenvalue weighted by Crippen LogP contribution is 2.29. The SMILES string of the molecule is Cc1noc(C)c1S(=O)(=O)NCC(=O)Nc1cccc(Cl)c1Cl. The van der Waals surface area contributed by atoms with Gasteiger partial charge in [-0.05, 0) is 26.0 Å². The van der Waals surface area contributed by atoms with Crippen LogP contribution in [0.2, 0.25) is 10.0 Å².